The maximum atomic E-state index is 12.3. The molecule has 1 aliphatic carbocycles. The molecule has 0 spiro atoms. The summed E-state index contributed by atoms with van der Waals surface area (Å²) >= 11 is 1.32. The molecule has 2 aromatic rings. The van der Waals surface area contributed by atoms with E-state index in [1.165, 1.54) is 11.5 Å². The van der Waals surface area contributed by atoms with Gasteiger partial charge in [0.05, 0.1) is 6.10 Å². The molecule has 2 amide bonds. The molecule has 1 aliphatic heterocycles. The molecule has 1 saturated carbocycles. The van der Waals surface area contributed by atoms with E-state index in [9.17, 15) is 4.79 Å². The minimum Gasteiger partial charge on any atom is -0.377 e. The van der Waals surface area contributed by atoms with Crippen molar-refractivity contribution < 1.29 is 9.53 Å². The van der Waals surface area contributed by atoms with Crippen molar-refractivity contribution in [3.05, 3.63) is 29.6 Å². The lowest BCUT2D eigenvalue weighted by atomic mass is 9.57. The number of fused-ring (bicyclic) bond motifs is 1. The SMILES string of the molecule is CC1(C)[C@H](NC(=O)Nc2ccc(-c3csnn3)cc2)[C@@H]2CCO[C@H]21. The van der Waals surface area contributed by atoms with Gasteiger partial charge in [-0.3, -0.25) is 0 Å². The first kappa shape index (κ1) is 15.5. The van der Waals surface area contributed by atoms with E-state index in [4.69, 9.17) is 4.74 Å². The van der Waals surface area contributed by atoms with E-state index < -0.39 is 0 Å². The predicted molar refractivity (Wildman–Crippen MR) is 92.9 cm³/mol. The van der Waals surface area contributed by atoms with Gasteiger partial charge in [-0.1, -0.05) is 30.5 Å². The number of rotatable bonds is 3. The van der Waals surface area contributed by atoms with E-state index in [2.05, 4.69) is 34.1 Å². The van der Waals surface area contributed by atoms with Crippen LogP contribution < -0.4 is 10.6 Å². The zero-order valence-electron chi connectivity index (χ0n) is 13.7. The molecule has 2 heterocycles. The quantitative estimate of drug-likeness (QED) is 0.897. The second-order valence-electron chi connectivity index (χ2n) is 7.01. The Balaban J connectivity index is 1.38. The summed E-state index contributed by atoms with van der Waals surface area (Å²) < 4.78 is 9.62. The number of hydrogen-bond donors (Lipinski definition) is 2. The van der Waals surface area contributed by atoms with Gasteiger partial charge in [-0.05, 0) is 30.1 Å². The Kier molecular flexibility index (Phi) is 3.77. The van der Waals surface area contributed by atoms with Gasteiger partial charge in [0.1, 0.15) is 5.69 Å². The number of benzene rings is 1. The number of anilines is 1. The van der Waals surface area contributed by atoms with Gasteiger partial charge in [-0.2, -0.15) is 0 Å². The van der Waals surface area contributed by atoms with Crippen LogP contribution in [0.25, 0.3) is 11.3 Å². The molecule has 24 heavy (non-hydrogen) atoms. The molecule has 1 aromatic heterocycles. The Morgan fingerprint density at radius 2 is 2.12 bits per heavy atom. The van der Waals surface area contributed by atoms with E-state index >= 15 is 0 Å². The minimum atomic E-state index is -0.165. The fraction of sp³-hybridized carbons (Fsp3) is 0.471. The maximum absolute atomic E-state index is 12.3. The fourth-order valence-corrected chi connectivity index (χ4v) is 4.41. The average molecular weight is 344 g/mol. The van der Waals surface area contributed by atoms with Crippen LogP contribution in [0.3, 0.4) is 0 Å². The lowest BCUT2D eigenvalue weighted by Gasteiger charge is -2.54. The lowest BCUT2D eigenvalue weighted by Crippen LogP contribution is -2.67. The zero-order valence-corrected chi connectivity index (χ0v) is 14.5. The minimum absolute atomic E-state index is 0.0139. The highest BCUT2D eigenvalue weighted by atomic mass is 32.1. The third-order valence-corrected chi connectivity index (χ3v) is 5.69. The van der Waals surface area contributed by atoms with E-state index in [-0.39, 0.29) is 23.6 Å². The van der Waals surface area contributed by atoms with Crippen molar-refractivity contribution >= 4 is 23.3 Å². The number of hydrogen-bond acceptors (Lipinski definition) is 5. The summed E-state index contributed by atoms with van der Waals surface area (Å²) in [5, 5.41) is 12.0. The molecule has 7 heteroatoms. The average Bonchev–Trinajstić information content (AvgIpc) is 3.24. The van der Waals surface area contributed by atoms with Crippen molar-refractivity contribution in [3.63, 3.8) is 0 Å². The number of carbonyl (C=O) groups excluding carboxylic acids is 1. The summed E-state index contributed by atoms with van der Waals surface area (Å²) in [6, 6.07) is 7.61. The number of urea groups is 1. The first-order valence-electron chi connectivity index (χ1n) is 8.12. The zero-order chi connectivity index (χ0) is 16.7. The van der Waals surface area contributed by atoms with Crippen LogP contribution in [0.2, 0.25) is 0 Å². The molecular formula is C17H20N4O2S. The smallest absolute Gasteiger partial charge is 0.319 e. The van der Waals surface area contributed by atoms with E-state index in [0.717, 1.165) is 30.0 Å². The van der Waals surface area contributed by atoms with Crippen molar-refractivity contribution in [2.75, 3.05) is 11.9 Å². The molecule has 126 valence electrons. The van der Waals surface area contributed by atoms with Crippen LogP contribution in [-0.2, 0) is 4.74 Å². The van der Waals surface area contributed by atoms with E-state index in [1.54, 1.807) is 0 Å². The number of carbonyl (C=O) groups is 1. The number of nitrogens with one attached hydrogen (secondary N) is 2. The summed E-state index contributed by atoms with van der Waals surface area (Å²) in [4.78, 5) is 12.3. The Morgan fingerprint density at radius 1 is 1.33 bits per heavy atom. The largest absolute Gasteiger partial charge is 0.377 e. The number of aromatic nitrogens is 2. The lowest BCUT2D eigenvalue weighted by molar-refractivity contribution is -0.107. The summed E-state index contributed by atoms with van der Waals surface area (Å²) in [6.45, 7) is 5.10. The Labute approximate surface area is 144 Å². The van der Waals surface area contributed by atoms with E-state index in [1.807, 2.05) is 29.6 Å². The van der Waals surface area contributed by atoms with Crippen molar-refractivity contribution in [1.82, 2.24) is 14.9 Å². The molecule has 6 nitrogen and oxygen atoms in total. The summed E-state index contributed by atoms with van der Waals surface area (Å²) in [6.07, 6.45) is 1.30. The Bertz CT molecular complexity index is 730. The Hall–Kier alpha value is -1.99. The summed E-state index contributed by atoms with van der Waals surface area (Å²) in [7, 11) is 0. The van der Waals surface area contributed by atoms with Crippen LogP contribution in [0.4, 0.5) is 10.5 Å². The van der Waals surface area contributed by atoms with Gasteiger partial charge in [-0.15, -0.1) is 5.10 Å². The van der Waals surface area contributed by atoms with Crippen LogP contribution in [0.15, 0.2) is 29.6 Å². The first-order chi connectivity index (χ1) is 11.6. The monoisotopic (exact) mass is 344 g/mol. The number of amides is 2. The highest BCUT2D eigenvalue weighted by molar-refractivity contribution is 7.03. The third-order valence-electron chi connectivity index (χ3n) is 5.19. The van der Waals surface area contributed by atoms with Crippen molar-refractivity contribution in [1.29, 1.82) is 0 Å². The molecule has 2 aliphatic rings. The standard InChI is InChI=1S/C17H20N4O2S/c1-17(2)14(12-7-8-23-15(12)17)19-16(22)18-11-5-3-10(4-6-11)13-9-24-21-20-13/h3-6,9,12,14-15H,7-8H2,1-2H3,(H2,18,19,22)/t12-,14+,15+/m0/s1. The van der Waals surface area contributed by atoms with Crippen LogP contribution in [0.1, 0.15) is 20.3 Å². The van der Waals surface area contributed by atoms with Crippen LogP contribution >= 0.6 is 11.5 Å². The third kappa shape index (κ3) is 2.57. The summed E-state index contributed by atoms with van der Waals surface area (Å²) in [5.41, 5.74) is 2.58. The molecule has 0 radical (unpaired) electrons. The predicted octanol–water partition coefficient (Wildman–Crippen LogP) is 3.14. The maximum Gasteiger partial charge on any atom is 0.319 e. The van der Waals surface area contributed by atoms with Crippen LogP contribution in [-0.4, -0.2) is 34.4 Å². The molecule has 1 aromatic carbocycles. The van der Waals surface area contributed by atoms with Crippen molar-refractivity contribution in [2.45, 2.75) is 32.4 Å². The van der Waals surface area contributed by atoms with Gasteiger partial charge in [-0.25, -0.2) is 4.79 Å². The second-order valence-corrected chi connectivity index (χ2v) is 7.62. The van der Waals surface area contributed by atoms with Crippen molar-refractivity contribution in [2.24, 2.45) is 11.3 Å². The number of nitrogens with zero attached hydrogens (tertiary/aromatic N) is 2. The highest BCUT2D eigenvalue weighted by Gasteiger charge is 2.59. The van der Waals surface area contributed by atoms with Gasteiger partial charge < -0.3 is 15.4 Å². The van der Waals surface area contributed by atoms with Gasteiger partial charge in [0.25, 0.3) is 0 Å². The van der Waals surface area contributed by atoms with Gasteiger partial charge >= 0.3 is 6.03 Å². The molecule has 4 rings (SSSR count). The van der Waals surface area contributed by atoms with Gasteiger partial charge in [0, 0.05) is 40.6 Å². The van der Waals surface area contributed by atoms with E-state index in [0.29, 0.717) is 5.92 Å². The second kappa shape index (κ2) is 5.82. The van der Waals surface area contributed by atoms with Crippen LogP contribution in [0, 0.1) is 11.3 Å². The molecule has 0 unspecified atom stereocenters. The molecular weight excluding hydrogens is 324 g/mol. The highest BCUT2D eigenvalue weighted by Crippen LogP contribution is 2.52. The summed E-state index contributed by atoms with van der Waals surface area (Å²) in [5.74, 6) is 0.435. The topological polar surface area (TPSA) is 76.1 Å². The number of ether oxygens (including phenoxy) is 1. The van der Waals surface area contributed by atoms with Crippen molar-refractivity contribution in [3.8, 4) is 11.3 Å². The molecule has 0 bridgehead atoms. The molecule has 2 fully saturated rings. The fourth-order valence-electron chi connectivity index (χ4n) is 3.94. The first-order valence-corrected chi connectivity index (χ1v) is 8.96. The molecule has 1 saturated heterocycles. The molecule has 2 N–H and O–H groups in total. The molecule has 3 atom stereocenters. The Morgan fingerprint density at radius 3 is 2.83 bits per heavy atom. The van der Waals surface area contributed by atoms with Gasteiger partial charge in [0.15, 0.2) is 0 Å². The normalized spacial score (nSPS) is 27.2. The van der Waals surface area contributed by atoms with Gasteiger partial charge in [0.2, 0.25) is 0 Å². The van der Waals surface area contributed by atoms with Crippen LogP contribution in [0.5, 0.6) is 0 Å².